The van der Waals surface area contributed by atoms with Crippen molar-refractivity contribution in [2.24, 2.45) is 5.41 Å². The number of anilines is 1. The minimum absolute atomic E-state index is 0.287. The van der Waals surface area contributed by atoms with Gasteiger partial charge >= 0.3 is 0 Å². The number of carbonyl (C=O) groups is 1. The number of nitrogens with zero attached hydrogens (tertiary/aromatic N) is 4. The van der Waals surface area contributed by atoms with Crippen molar-refractivity contribution in [1.29, 1.82) is 5.26 Å². The molecule has 2 rings (SSSR count). The van der Waals surface area contributed by atoms with Crippen LogP contribution in [0.1, 0.15) is 19.3 Å². The van der Waals surface area contributed by atoms with Crippen molar-refractivity contribution in [3.8, 4) is 6.07 Å². The number of aromatic nitrogens is 3. The first-order chi connectivity index (χ1) is 6.77. The van der Waals surface area contributed by atoms with E-state index in [1.165, 1.54) is 0 Å². The number of amides is 1. The molecule has 0 saturated heterocycles. The monoisotopic (exact) mass is 209 g/mol. The molecule has 1 aromatic rings. The molecule has 1 aliphatic carbocycles. The summed E-state index contributed by atoms with van der Waals surface area (Å²) in [5.74, 6) is -0.287. The zero-order chi connectivity index (χ0) is 10.0. The Hall–Kier alpha value is -1.55. The lowest BCUT2D eigenvalue weighted by Gasteiger charge is -2.32. The summed E-state index contributed by atoms with van der Waals surface area (Å²) < 4.78 is 3.51. The van der Waals surface area contributed by atoms with Crippen molar-refractivity contribution in [2.75, 3.05) is 5.32 Å². The first-order valence-corrected chi connectivity index (χ1v) is 4.92. The minimum atomic E-state index is -0.842. The second kappa shape index (κ2) is 3.31. The van der Waals surface area contributed by atoms with Gasteiger partial charge in [-0.15, -0.1) is 0 Å². The molecule has 0 bridgehead atoms. The lowest BCUT2D eigenvalue weighted by Crippen LogP contribution is -2.40. The Morgan fingerprint density at radius 2 is 2.43 bits per heavy atom. The number of nitriles is 1. The van der Waals surface area contributed by atoms with E-state index in [4.69, 9.17) is 5.26 Å². The molecule has 6 nitrogen and oxygen atoms in total. The molecule has 1 fully saturated rings. The van der Waals surface area contributed by atoms with Crippen LogP contribution < -0.4 is 5.32 Å². The number of carbonyl (C=O) groups excluding carboxylic acids is 1. The van der Waals surface area contributed by atoms with Crippen LogP contribution in [0.15, 0.2) is 0 Å². The maximum atomic E-state index is 11.6. The van der Waals surface area contributed by atoms with Crippen LogP contribution in [0.3, 0.4) is 0 Å². The van der Waals surface area contributed by atoms with Crippen LogP contribution in [-0.4, -0.2) is 20.7 Å². The zero-order valence-corrected chi connectivity index (χ0v) is 8.04. The highest BCUT2D eigenvalue weighted by atomic mass is 32.1. The molecule has 0 aromatic carbocycles. The summed E-state index contributed by atoms with van der Waals surface area (Å²) in [7, 11) is 0. The molecule has 1 aliphatic rings. The molecular formula is C7H7N5OS. The maximum absolute atomic E-state index is 11.6. The van der Waals surface area contributed by atoms with Crippen LogP contribution in [-0.2, 0) is 4.79 Å². The van der Waals surface area contributed by atoms with Crippen molar-refractivity contribution in [3.63, 3.8) is 0 Å². The van der Waals surface area contributed by atoms with E-state index in [1.54, 1.807) is 0 Å². The SMILES string of the molecule is N#CC1(C(=O)Nc2nnns2)CCC1. The number of rotatable bonds is 2. The van der Waals surface area contributed by atoms with Gasteiger partial charge in [0, 0.05) is 11.5 Å². The predicted octanol–water partition coefficient (Wildman–Crippen LogP) is 0.565. The van der Waals surface area contributed by atoms with Crippen molar-refractivity contribution in [1.82, 2.24) is 14.8 Å². The van der Waals surface area contributed by atoms with E-state index in [0.29, 0.717) is 18.0 Å². The molecule has 1 N–H and O–H groups in total. The van der Waals surface area contributed by atoms with E-state index in [2.05, 4.69) is 26.2 Å². The molecule has 1 saturated carbocycles. The quantitative estimate of drug-likeness (QED) is 0.768. The highest BCUT2D eigenvalue weighted by Crippen LogP contribution is 2.41. The number of hydrogen-bond acceptors (Lipinski definition) is 6. The van der Waals surface area contributed by atoms with Crippen LogP contribution in [0, 0.1) is 16.7 Å². The highest BCUT2D eigenvalue weighted by molar-refractivity contribution is 7.09. The van der Waals surface area contributed by atoms with Gasteiger partial charge in [0.25, 0.3) is 0 Å². The second-order valence-corrected chi connectivity index (χ2v) is 3.90. The summed E-state index contributed by atoms with van der Waals surface area (Å²) in [6.07, 6.45) is 2.18. The van der Waals surface area contributed by atoms with Gasteiger partial charge in [0.2, 0.25) is 11.0 Å². The normalized spacial score (nSPS) is 17.9. The summed E-state index contributed by atoms with van der Waals surface area (Å²) in [6, 6.07) is 2.05. The van der Waals surface area contributed by atoms with Crippen molar-refractivity contribution in [2.45, 2.75) is 19.3 Å². The van der Waals surface area contributed by atoms with Gasteiger partial charge in [0.1, 0.15) is 5.41 Å². The van der Waals surface area contributed by atoms with Crippen LogP contribution in [0.5, 0.6) is 0 Å². The van der Waals surface area contributed by atoms with Gasteiger partial charge in [0.05, 0.1) is 6.07 Å². The molecule has 0 aliphatic heterocycles. The molecule has 0 spiro atoms. The van der Waals surface area contributed by atoms with E-state index >= 15 is 0 Å². The molecule has 0 atom stereocenters. The van der Waals surface area contributed by atoms with E-state index in [9.17, 15) is 4.79 Å². The summed E-state index contributed by atoms with van der Waals surface area (Å²) in [6.45, 7) is 0. The van der Waals surface area contributed by atoms with Crippen molar-refractivity contribution in [3.05, 3.63) is 0 Å². The summed E-state index contributed by atoms with van der Waals surface area (Å²) in [4.78, 5) is 11.6. The molecule has 0 unspecified atom stereocenters. The first kappa shape index (κ1) is 9.02. The third kappa shape index (κ3) is 1.33. The molecule has 1 amide bonds. The Bertz CT molecular complexity index is 377. The zero-order valence-electron chi connectivity index (χ0n) is 7.23. The molecule has 1 aromatic heterocycles. The average Bonchev–Trinajstić information content (AvgIpc) is 2.55. The van der Waals surface area contributed by atoms with Gasteiger partial charge < -0.3 is 0 Å². The lowest BCUT2D eigenvalue weighted by molar-refractivity contribution is -0.126. The summed E-state index contributed by atoms with van der Waals surface area (Å²) >= 11 is 0.999. The van der Waals surface area contributed by atoms with Crippen LogP contribution in [0.2, 0.25) is 0 Å². The van der Waals surface area contributed by atoms with Crippen molar-refractivity contribution >= 4 is 22.6 Å². The third-order valence-electron chi connectivity index (χ3n) is 2.38. The fourth-order valence-corrected chi connectivity index (χ4v) is 1.68. The van der Waals surface area contributed by atoms with Gasteiger partial charge in [-0.3, -0.25) is 10.1 Å². The minimum Gasteiger partial charge on any atom is -0.298 e. The van der Waals surface area contributed by atoms with Crippen molar-refractivity contribution < 1.29 is 4.79 Å². The molecule has 1 heterocycles. The average molecular weight is 209 g/mol. The fourth-order valence-electron chi connectivity index (χ4n) is 1.32. The fraction of sp³-hybridized carbons (Fsp3) is 0.571. The van der Waals surface area contributed by atoms with Gasteiger partial charge in [-0.1, -0.05) is 9.59 Å². The molecule has 72 valence electrons. The standard InChI is InChI=1S/C7H7N5OS/c8-4-7(2-1-3-7)5(13)9-6-10-11-12-14-6/h1-3H2,(H,9,10,12,13). The number of hydrogen-bond donors (Lipinski definition) is 1. The van der Waals surface area contributed by atoms with Gasteiger partial charge in [-0.2, -0.15) is 5.26 Å². The first-order valence-electron chi connectivity index (χ1n) is 4.15. The highest BCUT2D eigenvalue weighted by Gasteiger charge is 2.44. The third-order valence-corrected chi connectivity index (χ3v) is 2.89. The van der Waals surface area contributed by atoms with E-state index in [0.717, 1.165) is 18.0 Å². The Morgan fingerprint density at radius 3 is 2.86 bits per heavy atom. The van der Waals surface area contributed by atoms with Crippen LogP contribution >= 0.6 is 11.5 Å². The predicted molar refractivity (Wildman–Crippen MR) is 48.2 cm³/mol. The Balaban J connectivity index is 2.06. The lowest BCUT2D eigenvalue weighted by atomic mass is 9.69. The van der Waals surface area contributed by atoms with Gasteiger partial charge in [0.15, 0.2) is 0 Å². The Kier molecular flexibility index (Phi) is 2.13. The Morgan fingerprint density at radius 1 is 1.64 bits per heavy atom. The molecule has 7 heteroatoms. The molecular weight excluding hydrogens is 202 g/mol. The van der Waals surface area contributed by atoms with Gasteiger partial charge in [-0.25, -0.2) is 0 Å². The topological polar surface area (TPSA) is 91.6 Å². The van der Waals surface area contributed by atoms with E-state index < -0.39 is 5.41 Å². The largest absolute Gasteiger partial charge is 0.298 e. The maximum Gasteiger partial charge on any atom is 0.246 e. The summed E-state index contributed by atoms with van der Waals surface area (Å²) in [5, 5.41) is 18.7. The van der Waals surface area contributed by atoms with E-state index in [1.807, 2.05) is 0 Å². The van der Waals surface area contributed by atoms with Gasteiger partial charge in [-0.05, 0) is 24.5 Å². The number of nitrogens with one attached hydrogen (secondary N) is 1. The van der Waals surface area contributed by atoms with Crippen LogP contribution in [0.25, 0.3) is 0 Å². The van der Waals surface area contributed by atoms with Crippen LogP contribution in [0.4, 0.5) is 5.13 Å². The molecule has 14 heavy (non-hydrogen) atoms. The molecule has 0 radical (unpaired) electrons. The summed E-state index contributed by atoms with van der Waals surface area (Å²) in [5.41, 5.74) is -0.842. The smallest absolute Gasteiger partial charge is 0.246 e. The Labute approximate surface area is 84.1 Å². The van der Waals surface area contributed by atoms with E-state index in [-0.39, 0.29) is 5.91 Å². The second-order valence-electron chi connectivity index (χ2n) is 3.17.